The lowest BCUT2D eigenvalue weighted by molar-refractivity contribution is 1.09. The summed E-state index contributed by atoms with van der Waals surface area (Å²) in [6, 6.07) is 13.6. The first-order valence-corrected chi connectivity index (χ1v) is 7.63. The largest absolute Gasteiger partial charge is 0.384 e. The first-order chi connectivity index (χ1) is 11.8. The molecule has 4 N–H and O–H groups in total. The summed E-state index contributed by atoms with van der Waals surface area (Å²) in [6.45, 7) is 0.650. The zero-order valence-corrected chi connectivity index (χ0v) is 12.9. The molecule has 0 aliphatic rings. The van der Waals surface area contributed by atoms with Crippen molar-refractivity contribution in [2.45, 2.75) is 6.54 Å². The zero-order chi connectivity index (χ0) is 16.4. The van der Waals surface area contributed by atoms with Gasteiger partial charge in [0.05, 0.1) is 5.69 Å². The first kappa shape index (κ1) is 14.2. The number of pyridine rings is 3. The van der Waals surface area contributed by atoms with E-state index in [-0.39, 0.29) is 0 Å². The highest BCUT2D eigenvalue weighted by atomic mass is 15.0. The molecule has 0 unspecified atom stereocenters. The second kappa shape index (κ2) is 6.00. The molecule has 4 aromatic heterocycles. The molecule has 0 saturated carbocycles. The first-order valence-electron chi connectivity index (χ1n) is 7.63. The fourth-order valence-corrected chi connectivity index (χ4v) is 2.64. The van der Waals surface area contributed by atoms with E-state index in [4.69, 9.17) is 5.73 Å². The molecule has 118 valence electrons. The van der Waals surface area contributed by atoms with Crippen LogP contribution in [0.3, 0.4) is 0 Å². The van der Waals surface area contributed by atoms with Crippen LogP contribution in [0.4, 0.5) is 11.6 Å². The van der Waals surface area contributed by atoms with Crippen molar-refractivity contribution in [2.24, 2.45) is 0 Å². The lowest BCUT2D eigenvalue weighted by atomic mass is 10.1. The van der Waals surface area contributed by atoms with Gasteiger partial charge in [0.1, 0.15) is 17.3 Å². The van der Waals surface area contributed by atoms with Gasteiger partial charge in [-0.1, -0.05) is 12.1 Å². The highest BCUT2D eigenvalue weighted by molar-refractivity contribution is 5.93. The van der Waals surface area contributed by atoms with Crippen LogP contribution in [0.15, 0.2) is 61.1 Å². The SMILES string of the molecule is Nc1cccc(-c2cc(NCc3cccnc3)nc3[nH]ccc23)n1. The van der Waals surface area contributed by atoms with E-state index in [0.29, 0.717) is 12.4 Å². The van der Waals surface area contributed by atoms with Gasteiger partial charge in [-0.2, -0.15) is 0 Å². The number of aromatic amines is 1. The fourth-order valence-electron chi connectivity index (χ4n) is 2.64. The Morgan fingerprint density at radius 2 is 2.04 bits per heavy atom. The van der Waals surface area contributed by atoms with Gasteiger partial charge < -0.3 is 16.0 Å². The molecule has 0 atom stereocenters. The van der Waals surface area contributed by atoms with Crippen LogP contribution in [-0.2, 0) is 6.54 Å². The highest BCUT2D eigenvalue weighted by Crippen LogP contribution is 2.29. The lowest BCUT2D eigenvalue weighted by Crippen LogP contribution is -2.02. The van der Waals surface area contributed by atoms with E-state index < -0.39 is 0 Å². The Morgan fingerprint density at radius 1 is 1.08 bits per heavy atom. The molecule has 6 heteroatoms. The van der Waals surface area contributed by atoms with Crippen molar-refractivity contribution in [3.05, 3.63) is 66.6 Å². The summed E-state index contributed by atoms with van der Waals surface area (Å²) < 4.78 is 0. The van der Waals surface area contributed by atoms with Crippen LogP contribution in [0.25, 0.3) is 22.3 Å². The van der Waals surface area contributed by atoms with E-state index in [1.807, 2.05) is 48.8 Å². The Kier molecular flexibility index (Phi) is 3.55. The molecule has 24 heavy (non-hydrogen) atoms. The average molecular weight is 316 g/mol. The van der Waals surface area contributed by atoms with Gasteiger partial charge in [0.2, 0.25) is 0 Å². The third-order valence-electron chi connectivity index (χ3n) is 3.77. The number of nitrogens with two attached hydrogens (primary N) is 1. The van der Waals surface area contributed by atoms with Crippen LogP contribution in [0.1, 0.15) is 5.56 Å². The van der Waals surface area contributed by atoms with E-state index in [1.165, 1.54) is 0 Å². The predicted molar refractivity (Wildman–Crippen MR) is 95.3 cm³/mol. The molecule has 0 aliphatic heterocycles. The molecule has 0 spiro atoms. The van der Waals surface area contributed by atoms with Crippen molar-refractivity contribution in [1.82, 2.24) is 19.9 Å². The van der Waals surface area contributed by atoms with Crippen molar-refractivity contribution in [3.8, 4) is 11.3 Å². The third kappa shape index (κ3) is 2.77. The van der Waals surface area contributed by atoms with Crippen molar-refractivity contribution in [3.63, 3.8) is 0 Å². The number of anilines is 2. The summed E-state index contributed by atoms with van der Waals surface area (Å²) in [7, 11) is 0. The predicted octanol–water partition coefficient (Wildman–Crippen LogP) is 3.21. The number of nitrogens with one attached hydrogen (secondary N) is 2. The van der Waals surface area contributed by atoms with Crippen molar-refractivity contribution < 1.29 is 0 Å². The summed E-state index contributed by atoms with van der Waals surface area (Å²) >= 11 is 0. The molecule has 0 bridgehead atoms. The van der Waals surface area contributed by atoms with Gasteiger partial charge in [0.25, 0.3) is 0 Å². The number of hydrogen-bond donors (Lipinski definition) is 3. The number of fused-ring (bicyclic) bond motifs is 1. The van der Waals surface area contributed by atoms with E-state index in [1.54, 1.807) is 12.3 Å². The van der Waals surface area contributed by atoms with Gasteiger partial charge in [-0.3, -0.25) is 4.98 Å². The van der Waals surface area contributed by atoms with Gasteiger partial charge in [-0.05, 0) is 35.9 Å². The van der Waals surface area contributed by atoms with E-state index in [9.17, 15) is 0 Å². The number of H-pyrrole nitrogens is 1. The minimum atomic E-state index is 0.498. The summed E-state index contributed by atoms with van der Waals surface area (Å²) in [5.74, 6) is 1.27. The maximum Gasteiger partial charge on any atom is 0.140 e. The molecule has 6 nitrogen and oxygen atoms in total. The van der Waals surface area contributed by atoms with Crippen LogP contribution in [-0.4, -0.2) is 19.9 Å². The molecule has 4 aromatic rings. The molecule has 4 heterocycles. The Hall–Kier alpha value is -3.41. The Labute approximate surface area is 138 Å². The lowest BCUT2D eigenvalue weighted by Gasteiger charge is -2.09. The molecule has 0 amide bonds. The normalized spacial score (nSPS) is 10.8. The van der Waals surface area contributed by atoms with Gasteiger partial charge in [0, 0.05) is 36.1 Å². The Bertz CT molecular complexity index is 977. The summed E-state index contributed by atoms with van der Waals surface area (Å²) in [6.07, 6.45) is 5.47. The molecule has 0 aromatic carbocycles. The maximum atomic E-state index is 5.83. The quantitative estimate of drug-likeness (QED) is 0.537. The van der Waals surface area contributed by atoms with Crippen LogP contribution in [0, 0.1) is 0 Å². The van der Waals surface area contributed by atoms with E-state index in [0.717, 1.165) is 33.7 Å². The van der Waals surface area contributed by atoms with Crippen molar-refractivity contribution in [1.29, 1.82) is 0 Å². The monoisotopic (exact) mass is 316 g/mol. The van der Waals surface area contributed by atoms with Crippen LogP contribution >= 0.6 is 0 Å². The highest BCUT2D eigenvalue weighted by Gasteiger charge is 2.10. The van der Waals surface area contributed by atoms with Crippen LogP contribution in [0.5, 0.6) is 0 Å². The Morgan fingerprint density at radius 3 is 2.88 bits per heavy atom. The third-order valence-corrected chi connectivity index (χ3v) is 3.77. The topological polar surface area (TPSA) is 92.5 Å². The average Bonchev–Trinajstić information content (AvgIpc) is 3.08. The summed E-state index contributed by atoms with van der Waals surface area (Å²) in [5.41, 5.74) is 9.55. The van der Waals surface area contributed by atoms with Gasteiger partial charge in [-0.15, -0.1) is 0 Å². The van der Waals surface area contributed by atoms with Gasteiger partial charge in [0.15, 0.2) is 0 Å². The zero-order valence-electron chi connectivity index (χ0n) is 12.9. The summed E-state index contributed by atoms with van der Waals surface area (Å²) in [5, 5.41) is 4.35. The minimum absolute atomic E-state index is 0.498. The molecular weight excluding hydrogens is 300 g/mol. The molecule has 0 aliphatic carbocycles. The van der Waals surface area contributed by atoms with Crippen LogP contribution < -0.4 is 11.1 Å². The molecule has 0 radical (unpaired) electrons. The fraction of sp³-hybridized carbons (Fsp3) is 0.0556. The minimum Gasteiger partial charge on any atom is -0.384 e. The molecule has 4 rings (SSSR count). The number of rotatable bonds is 4. The van der Waals surface area contributed by atoms with Crippen LogP contribution in [0.2, 0.25) is 0 Å². The molecule has 0 fully saturated rings. The van der Waals surface area contributed by atoms with Crippen molar-refractivity contribution >= 4 is 22.7 Å². The van der Waals surface area contributed by atoms with E-state index in [2.05, 4.69) is 25.3 Å². The summed E-state index contributed by atoms with van der Waals surface area (Å²) in [4.78, 5) is 16.3. The van der Waals surface area contributed by atoms with Crippen molar-refractivity contribution in [2.75, 3.05) is 11.1 Å². The Balaban J connectivity index is 1.72. The molecular formula is C18H16N6. The number of nitrogens with zero attached hydrogens (tertiary/aromatic N) is 3. The number of nitrogen functional groups attached to an aromatic ring is 1. The number of hydrogen-bond acceptors (Lipinski definition) is 5. The van der Waals surface area contributed by atoms with E-state index >= 15 is 0 Å². The smallest absolute Gasteiger partial charge is 0.140 e. The second-order valence-corrected chi connectivity index (χ2v) is 5.46. The maximum absolute atomic E-state index is 5.83. The van der Waals surface area contributed by atoms with Gasteiger partial charge in [-0.25, -0.2) is 9.97 Å². The second-order valence-electron chi connectivity index (χ2n) is 5.46. The standard InChI is InChI=1S/C18H16N6/c19-16-5-1-4-15(23-16)14-9-17(24-18-13(14)6-8-21-18)22-11-12-3-2-7-20-10-12/h1-10H,11H2,(H2,19,23)(H2,21,22,24). The molecule has 0 saturated heterocycles. The van der Waals surface area contributed by atoms with Gasteiger partial charge >= 0.3 is 0 Å². The number of aromatic nitrogens is 4.